The maximum absolute atomic E-state index is 14.9. The lowest BCUT2D eigenvalue weighted by Gasteiger charge is -2.26. The first-order chi connectivity index (χ1) is 16.0. The van der Waals surface area contributed by atoms with Gasteiger partial charge in [0.05, 0.1) is 13.3 Å². The highest BCUT2D eigenvalue weighted by Crippen LogP contribution is 2.37. The van der Waals surface area contributed by atoms with E-state index in [0.717, 1.165) is 23.6 Å². The Hall–Kier alpha value is -2.82. The van der Waals surface area contributed by atoms with Crippen LogP contribution in [0.2, 0.25) is 0 Å². The standard InChI is InChI=1S/C28H28F4O/c1-18-3-5-19(6-4-18)20-7-9-21(10-8-20)22-11-12-24(25(30)15-22)23-16-26(31)28(27(32)17-23)33-14-2-13-29/h7-12,15-19H,2-6,13-14H2,1H3. The number of hydrogen-bond acceptors (Lipinski definition) is 1. The van der Waals surface area contributed by atoms with Crippen molar-refractivity contribution in [3.8, 4) is 28.0 Å². The summed E-state index contributed by atoms with van der Waals surface area (Å²) in [6.45, 7) is 1.53. The summed E-state index contributed by atoms with van der Waals surface area (Å²) in [5.41, 5.74) is 3.09. The van der Waals surface area contributed by atoms with Crippen LogP contribution in [0.3, 0.4) is 0 Å². The second-order valence-corrected chi connectivity index (χ2v) is 8.93. The van der Waals surface area contributed by atoms with Crippen molar-refractivity contribution in [2.45, 2.75) is 44.9 Å². The van der Waals surface area contributed by atoms with Crippen LogP contribution in [0.15, 0.2) is 54.6 Å². The minimum Gasteiger partial charge on any atom is -0.488 e. The Labute approximate surface area is 192 Å². The van der Waals surface area contributed by atoms with Gasteiger partial charge in [-0.2, -0.15) is 0 Å². The van der Waals surface area contributed by atoms with Crippen LogP contribution in [0.5, 0.6) is 5.75 Å². The van der Waals surface area contributed by atoms with Crippen molar-refractivity contribution in [3.63, 3.8) is 0 Å². The highest BCUT2D eigenvalue weighted by molar-refractivity contribution is 5.71. The minimum absolute atomic E-state index is 0.0392. The molecule has 0 saturated heterocycles. The van der Waals surface area contributed by atoms with Crippen molar-refractivity contribution >= 4 is 0 Å². The van der Waals surface area contributed by atoms with E-state index in [0.29, 0.717) is 11.5 Å². The molecule has 1 aliphatic carbocycles. The molecule has 0 N–H and O–H groups in total. The molecule has 1 saturated carbocycles. The third-order valence-corrected chi connectivity index (χ3v) is 6.53. The number of ether oxygens (including phenoxy) is 1. The Balaban J connectivity index is 1.52. The molecule has 174 valence electrons. The molecule has 3 aromatic rings. The lowest BCUT2D eigenvalue weighted by atomic mass is 9.79. The fourth-order valence-electron chi connectivity index (χ4n) is 4.55. The van der Waals surface area contributed by atoms with Gasteiger partial charge in [-0.15, -0.1) is 0 Å². The summed E-state index contributed by atoms with van der Waals surface area (Å²) < 4.78 is 60.8. The number of benzene rings is 3. The molecule has 0 spiro atoms. The van der Waals surface area contributed by atoms with E-state index in [-0.39, 0.29) is 24.2 Å². The van der Waals surface area contributed by atoms with E-state index in [4.69, 9.17) is 4.74 Å². The topological polar surface area (TPSA) is 9.23 Å². The lowest BCUT2D eigenvalue weighted by molar-refractivity contribution is 0.265. The van der Waals surface area contributed by atoms with Crippen LogP contribution >= 0.6 is 0 Å². The van der Waals surface area contributed by atoms with Crippen LogP contribution in [-0.4, -0.2) is 13.3 Å². The van der Waals surface area contributed by atoms with Crippen molar-refractivity contribution < 1.29 is 22.3 Å². The zero-order valence-corrected chi connectivity index (χ0v) is 18.7. The van der Waals surface area contributed by atoms with Crippen LogP contribution in [0.25, 0.3) is 22.3 Å². The SMILES string of the molecule is CC1CCC(c2ccc(-c3ccc(-c4cc(F)c(OCCCF)c(F)c4)c(F)c3)cc2)CC1. The van der Waals surface area contributed by atoms with Gasteiger partial charge >= 0.3 is 0 Å². The summed E-state index contributed by atoms with van der Waals surface area (Å²) in [7, 11) is 0. The molecule has 0 aromatic heterocycles. The van der Waals surface area contributed by atoms with Crippen LogP contribution in [0.1, 0.15) is 50.5 Å². The molecule has 0 radical (unpaired) electrons. The Morgan fingerprint density at radius 3 is 1.97 bits per heavy atom. The van der Waals surface area contributed by atoms with E-state index < -0.39 is 29.9 Å². The molecular weight excluding hydrogens is 428 g/mol. The molecule has 0 unspecified atom stereocenters. The Morgan fingerprint density at radius 2 is 1.36 bits per heavy atom. The van der Waals surface area contributed by atoms with Crippen molar-refractivity contribution in [1.29, 1.82) is 0 Å². The van der Waals surface area contributed by atoms with Crippen LogP contribution < -0.4 is 4.74 Å². The maximum Gasteiger partial charge on any atom is 0.190 e. The smallest absolute Gasteiger partial charge is 0.190 e. The summed E-state index contributed by atoms with van der Waals surface area (Å²) >= 11 is 0. The number of halogens is 4. The Bertz CT molecular complexity index is 1060. The molecule has 0 bridgehead atoms. The number of rotatable bonds is 7. The number of alkyl halides is 1. The minimum atomic E-state index is -0.944. The average molecular weight is 457 g/mol. The highest BCUT2D eigenvalue weighted by atomic mass is 19.1. The first kappa shape index (κ1) is 23.3. The molecule has 3 aromatic carbocycles. The monoisotopic (exact) mass is 456 g/mol. The van der Waals surface area contributed by atoms with E-state index in [1.807, 2.05) is 12.1 Å². The van der Waals surface area contributed by atoms with Gasteiger partial charge in [0.1, 0.15) is 5.82 Å². The molecule has 33 heavy (non-hydrogen) atoms. The van der Waals surface area contributed by atoms with Crippen molar-refractivity contribution in [2.75, 3.05) is 13.3 Å². The highest BCUT2D eigenvalue weighted by Gasteiger charge is 2.20. The van der Waals surface area contributed by atoms with Crippen molar-refractivity contribution in [1.82, 2.24) is 0 Å². The fraction of sp³-hybridized carbons (Fsp3) is 0.357. The number of hydrogen-bond donors (Lipinski definition) is 0. The summed E-state index contributed by atoms with van der Waals surface area (Å²) in [4.78, 5) is 0. The van der Waals surface area contributed by atoms with E-state index in [2.05, 4.69) is 19.1 Å². The molecule has 1 aliphatic rings. The van der Waals surface area contributed by atoms with Crippen LogP contribution in [0, 0.1) is 23.4 Å². The Morgan fingerprint density at radius 1 is 0.758 bits per heavy atom. The van der Waals surface area contributed by atoms with E-state index >= 15 is 0 Å². The van der Waals surface area contributed by atoms with Gasteiger partial charge < -0.3 is 4.74 Å². The van der Waals surface area contributed by atoms with Crippen molar-refractivity contribution in [2.24, 2.45) is 5.92 Å². The lowest BCUT2D eigenvalue weighted by Crippen LogP contribution is -2.10. The van der Waals surface area contributed by atoms with Crippen molar-refractivity contribution in [3.05, 3.63) is 77.6 Å². The zero-order valence-electron chi connectivity index (χ0n) is 18.7. The molecule has 0 amide bonds. The van der Waals surface area contributed by atoms with Gasteiger partial charge in [0, 0.05) is 12.0 Å². The summed E-state index contributed by atoms with van der Waals surface area (Å²) in [6.07, 6.45) is 4.96. The van der Waals surface area contributed by atoms with Gasteiger partial charge in [-0.05, 0) is 65.1 Å². The van der Waals surface area contributed by atoms with Gasteiger partial charge in [-0.1, -0.05) is 56.2 Å². The zero-order chi connectivity index (χ0) is 23.4. The van der Waals surface area contributed by atoms with E-state index in [1.54, 1.807) is 6.07 Å². The van der Waals surface area contributed by atoms with Gasteiger partial charge in [-0.25, -0.2) is 13.2 Å². The quantitative estimate of drug-likeness (QED) is 0.256. The predicted molar refractivity (Wildman–Crippen MR) is 124 cm³/mol. The first-order valence-electron chi connectivity index (χ1n) is 11.5. The van der Waals surface area contributed by atoms with Gasteiger partial charge in [-0.3, -0.25) is 4.39 Å². The summed E-state index contributed by atoms with van der Waals surface area (Å²) in [5.74, 6) is -1.64. The molecule has 0 aliphatic heterocycles. The molecule has 0 heterocycles. The van der Waals surface area contributed by atoms with Gasteiger partial charge in [0.2, 0.25) is 0 Å². The van der Waals surface area contributed by atoms with E-state index in [1.165, 1.54) is 43.4 Å². The van der Waals surface area contributed by atoms with E-state index in [9.17, 15) is 17.6 Å². The summed E-state index contributed by atoms with van der Waals surface area (Å²) in [5, 5.41) is 0. The molecule has 0 atom stereocenters. The van der Waals surface area contributed by atoms with Crippen LogP contribution in [-0.2, 0) is 0 Å². The predicted octanol–water partition coefficient (Wildman–Crippen LogP) is 8.47. The summed E-state index contributed by atoms with van der Waals surface area (Å²) in [6, 6.07) is 15.0. The van der Waals surface area contributed by atoms with Gasteiger partial charge in [0.25, 0.3) is 0 Å². The molecule has 4 rings (SSSR count). The second-order valence-electron chi connectivity index (χ2n) is 8.93. The van der Waals surface area contributed by atoms with Gasteiger partial charge in [0.15, 0.2) is 17.4 Å². The molecule has 1 nitrogen and oxygen atoms in total. The second kappa shape index (κ2) is 10.4. The third-order valence-electron chi connectivity index (χ3n) is 6.53. The van der Waals surface area contributed by atoms with Crippen LogP contribution in [0.4, 0.5) is 17.6 Å². The molecule has 5 heteroatoms. The molecular formula is C28H28F4O. The average Bonchev–Trinajstić information content (AvgIpc) is 2.81. The first-order valence-corrected chi connectivity index (χ1v) is 11.5. The Kier molecular flexibility index (Phi) is 7.36. The third kappa shape index (κ3) is 5.40. The normalized spacial score (nSPS) is 18.3. The fourth-order valence-corrected chi connectivity index (χ4v) is 4.55. The largest absolute Gasteiger partial charge is 0.488 e. The molecule has 1 fully saturated rings. The maximum atomic E-state index is 14.9.